The van der Waals surface area contributed by atoms with E-state index in [1.807, 2.05) is 0 Å². The first-order valence-electron chi connectivity index (χ1n) is 9.95. The van der Waals surface area contributed by atoms with E-state index in [1.54, 1.807) is 0 Å². The first kappa shape index (κ1) is 30.5. The molecule has 1 atom stereocenters. The van der Waals surface area contributed by atoms with Gasteiger partial charge in [0, 0.05) is 0 Å². The van der Waals surface area contributed by atoms with E-state index in [9.17, 15) is 39.7 Å². The molecule has 0 heterocycles. The first-order chi connectivity index (χ1) is 17.2. The lowest BCUT2D eigenvalue weighted by Gasteiger charge is -2.36. The summed E-state index contributed by atoms with van der Waals surface area (Å²) in [5, 5.41) is 2.21. The molecule has 0 aliphatic rings. The third-order valence-electron chi connectivity index (χ3n) is 4.40. The van der Waals surface area contributed by atoms with Crippen LogP contribution in [0.25, 0.3) is 0 Å². The highest BCUT2D eigenvalue weighted by molar-refractivity contribution is 7.97. The summed E-state index contributed by atoms with van der Waals surface area (Å²) in [6.45, 7) is 0. The molecule has 3 rings (SSSR count). The third kappa shape index (κ3) is 7.20. The maximum absolute atomic E-state index is 12.8. The van der Waals surface area contributed by atoms with E-state index in [0.717, 1.165) is 0 Å². The summed E-state index contributed by atoms with van der Waals surface area (Å²) in [5.74, 6) is -9.43. The fourth-order valence-electron chi connectivity index (χ4n) is 2.72. The van der Waals surface area contributed by atoms with Crippen molar-refractivity contribution in [2.24, 2.45) is 0 Å². The molecule has 0 bridgehead atoms. The van der Waals surface area contributed by atoms with Crippen LogP contribution in [-0.4, -0.2) is 47.1 Å². The first-order valence-corrected chi connectivity index (χ1v) is 13.1. The second-order valence-electron chi connectivity index (χ2n) is 6.97. The van der Waals surface area contributed by atoms with E-state index >= 15 is 0 Å². The Kier molecular flexibility index (Phi) is 10.1. The van der Waals surface area contributed by atoms with Gasteiger partial charge in [-0.05, 0) is 36.4 Å². The van der Waals surface area contributed by atoms with Gasteiger partial charge < -0.3 is 14.4 Å². The van der Waals surface area contributed by atoms with Crippen molar-refractivity contribution < 1.29 is 49.6 Å². The van der Waals surface area contributed by atoms with Gasteiger partial charge in [-0.3, -0.25) is 4.79 Å². The Labute approximate surface area is 216 Å². The molecule has 0 radical (unpaired) electrons. The van der Waals surface area contributed by atoms with Crippen LogP contribution in [0.5, 0.6) is 0 Å². The highest BCUT2D eigenvalue weighted by Gasteiger charge is 2.76. The van der Waals surface area contributed by atoms with E-state index in [0.29, 0.717) is 0 Å². The number of esters is 1. The van der Waals surface area contributed by atoms with Crippen molar-refractivity contribution in [3.05, 3.63) is 91.0 Å². The molecule has 0 saturated carbocycles. The zero-order chi connectivity index (χ0) is 27.9. The normalized spacial score (nSPS) is 13.8. The number of aliphatic hydroxyl groups is 1. The van der Waals surface area contributed by atoms with Gasteiger partial charge in [-0.15, -0.1) is 11.6 Å². The van der Waals surface area contributed by atoms with Gasteiger partial charge in [0.25, 0.3) is 0 Å². The summed E-state index contributed by atoms with van der Waals surface area (Å²) in [5.41, 5.74) is 0. The van der Waals surface area contributed by atoms with Crippen LogP contribution in [0.15, 0.2) is 106 Å². The Morgan fingerprint density at radius 1 is 0.811 bits per heavy atom. The van der Waals surface area contributed by atoms with Gasteiger partial charge in [0.15, 0.2) is 24.8 Å². The van der Waals surface area contributed by atoms with Crippen LogP contribution in [0.1, 0.15) is 0 Å². The number of hydrogen-bond donors (Lipinski definition) is 1. The average molecular weight is 585 g/mol. The molecular weight excluding hydrogens is 567 g/mol. The molecule has 0 fully saturated rings. The van der Waals surface area contributed by atoms with Crippen molar-refractivity contribution in [3.63, 3.8) is 0 Å². The third-order valence-corrected chi connectivity index (χ3v) is 7.75. The second kappa shape index (κ2) is 12.2. The molecule has 1 N–H and O–H groups in total. The smallest absolute Gasteiger partial charge is 0.463 e. The Morgan fingerprint density at radius 2 is 1.14 bits per heavy atom. The number of benzene rings is 3. The number of rotatable bonds is 7. The highest BCUT2D eigenvalue weighted by atomic mass is 35.5. The lowest BCUT2D eigenvalue weighted by molar-refractivity contribution is -0.397. The molecule has 1 unspecified atom stereocenters. The molecule has 0 aromatic heterocycles. The van der Waals surface area contributed by atoms with Crippen LogP contribution in [0.2, 0.25) is 0 Å². The Balaban J connectivity index is 0.000000261. The predicted octanol–water partition coefficient (Wildman–Crippen LogP) is 4.94. The summed E-state index contributed by atoms with van der Waals surface area (Å²) < 4.78 is 95.0. The van der Waals surface area contributed by atoms with Crippen LogP contribution in [0.3, 0.4) is 0 Å². The van der Waals surface area contributed by atoms with E-state index in [4.69, 9.17) is 5.11 Å². The zero-order valence-electron chi connectivity index (χ0n) is 18.4. The standard InChI is InChI=1S/C18H15S.C5H4ClF5O6S/c1-4-10-16(11-5-1)19(17-12-6-2-7-13-17)18-14-8-3-9-15-18;6-1-2(12)17-3(13,4(7,8)9)5(10,11)18(14,15)16/h1-15H;13H,1H2,(H,14,15,16)/q+1;/p-1. The van der Waals surface area contributed by atoms with Crippen molar-refractivity contribution in [2.75, 3.05) is 5.88 Å². The van der Waals surface area contributed by atoms with Crippen LogP contribution in [-0.2, 0) is 30.5 Å². The van der Waals surface area contributed by atoms with Crippen molar-refractivity contribution in [3.8, 4) is 0 Å². The van der Waals surface area contributed by atoms with E-state index in [1.165, 1.54) is 14.7 Å². The maximum Gasteiger partial charge on any atom is 0.463 e. The topological polar surface area (TPSA) is 104 Å². The lowest BCUT2D eigenvalue weighted by Crippen LogP contribution is -2.64. The Hall–Kier alpha value is -2.71. The highest BCUT2D eigenvalue weighted by Crippen LogP contribution is 2.45. The van der Waals surface area contributed by atoms with Gasteiger partial charge in [-0.25, -0.2) is 8.42 Å². The lowest BCUT2D eigenvalue weighted by atomic mass is 10.3. The van der Waals surface area contributed by atoms with Crippen LogP contribution in [0.4, 0.5) is 22.0 Å². The molecule has 200 valence electrons. The summed E-state index contributed by atoms with van der Waals surface area (Å²) in [4.78, 5) is 14.5. The number of ether oxygens (including phenoxy) is 1. The Morgan fingerprint density at radius 3 is 1.38 bits per heavy atom. The summed E-state index contributed by atoms with van der Waals surface area (Å²) in [6.07, 6.45) is -6.45. The fraction of sp³-hybridized carbons (Fsp3) is 0.174. The minimum Gasteiger partial charge on any atom is -0.743 e. The molecular formula is C23H18ClF5O6S2. The molecule has 0 aliphatic heterocycles. The number of halogens is 6. The van der Waals surface area contributed by atoms with Crippen molar-refractivity contribution in [1.29, 1.82) is 0 Å². The van der Waals surface area contributed by atoms with E-state index in [-0.39, 0.29) is 10.9 Å². The largest absolute Gasteiger partial charge is 0.743 e. The molecule has 14 heteroatoms. The van der Waals surface area contributed by atoms with Gasteiger partial charge in [0.1, 0.15) is 5.88 Å². The van der Waals surface area contributed by atoms with Crippen molar-refractivity contribution >= 4 is 38.6 Å². The van der Waals surface area contributed by atoms with Crippen LogP contribution >= 0.6 is 11.6 Å². The van der Waals surface area contributed by atoms with Gasteiger partial charge in [0.2, 0.25) is 0 Å². The molecule has 3 aromatic carbocycles. The van der Waals surface area contributed by atoms with Gasteiger partial charge >= 0.3 is 23.2 Å². The number of hydrogen-bond acceptors (Lipinski definition) is 6. The molecule has 0 saturated heterocycles. The van der Waals surface area contributed by atoms with E-state index in [2.05, 4.69) is 107 Å². The maximum atomic E-state index is 12.8. The monoisotopic (exact) mass is 584 g/mol. The molecule has 0 spiro atoms. The average Bonchev–Trinajstić information content (AvgIpc) is 2.85. The predicted molar refractivity (Wildman–Crippen MR) is 124 cm³/mol. The molecule has 0 amide bonds. The molecule has 6 nitrogen and oxygen atoms in total. The van der Waals surface area contributed by atoms with Crippen molar-refractivity contribution in [2.45, 2.75) is 31.9 Å². The number of carbonyl (C=O) groups is 1. The summed E-state index contributed by atoms with van der Waals surface area (Å²) in [7, 11) is -6.99. The molecule has 3 aromatic rings. The minimum absolute atomic E-state index is 0.0146. The van der Waals surface area contributed by atoms with E-state index < -0.39 is 39.2 Å². The number of alkyl halides is 6. The Bertz CT molecular complexity index is 1170. The SMILES string of the molecule is O=C(CCl)OC(O)(C(F)(F)F)C(F)(F)S(=O)(=O)[O-].c1ccc([S+](c2ccccc2)c2ccccc2)cc1. The minimum atomic E-state index is -6.97. The summed E-state index contributed by atoms with van der Waals surface area (Å²) in [6, 6.07) is 32.2. The van der Waals surface area contributed by atoms with Gasteiger partial charge in [-0.1, -0.05) is 54.6 Å². The van der Waals surface area contributed by atoms with Gasteiger partial charge in [0.05, 0.1) is 10.9 Å². The quantitative estimate of drug-likeness (QED) is 0.105. The van der Waals surface area contributed by atoms with Crippen LogP contribution in [0, 0.1) is 0 Å². The molecule has 37 heavy (non-hydrogen) atoms. The number of carbonyl (C=O) groups excluding carboxylic acids is 1. The van der Waals surface area contributed by atoms with Crippen molar-refractivity contribution in [1.82, 2.24) is 0 Å². The van der Waals surface area contributed by atoms with Gasteiger partial charge in [-0.2, -0.15) is 22.0 Å². The molecule has 0 aliphatic carbocycles. The van der Waals surface area contributed by atoms with Crippen LogP contribution < -0.4 is 0 Å². The zero-order valence-corrected chi connectivity index (χ0v) is 20.8. The second-order valence-corrected chi connectivity index (χ2v) is 10.7. The summed E-state index contributed by atoms with van der Waals surface area (Å²) >= 11 is 4.65. The fourth-order valence-corrected chi connectivity index (χ4v) is 5.38.